The maximum absolute atomic E-state index is 5.91. The number of benzene rings is 2. The molecule has 158 valence electrons. The Kier molecular flexibility index (Phi) is 7.63. The van der Waals surface area contributed by atoms with Gasteiger partial charge in [0.2, 0.25) is 0 Å². The smallest absolute Gasteiger partial charge is 0.173 e. The van der Waals surface area contributed by atoms with Crippen LogP contribution in [0.5, 0.6) is 0 Å². The lowest BCUT2D eigenvalue weighted by atomic mass is 9.98. The topological polar surface area (TPSA) is 33.1 Å². The third-order valence-electron chi connectivity index (χ3n) is 5.47. The second kappa shape index (κ2) is 10.4. The maximum atomic E-state index is 5.91. The molecule has 3 rings (SSSR count). The standard InChI is InChI=1S/C25H32N4S/c1-19(2)23-12-7-10-21(4)24(23)27-25(30)29(15-8-14-28-16-13-26-18-28)17-22-11-6-5-9-20(22)3/h5-7,9-13,16,18-19H,8,14-15,17H2,1-4H3,(H,27,30). The van der Waals surface area contributed by atoms with E-state index >= 15 is 0 Å². The van der Waals surface area contributed by atoms with Gasteiger partial charge in [-0.3, -0.25) is 0 Å². The normalized spacial score (nSPS) is 11.0. The Balaban J connectivity index is 1.78. The molecular formula is C25H32N4S. The molecule has 0 saturated heterocycles. The van der Waals surface area contributed by atoms with E-state index in [4.69, 9.17) is 12.2 Å². The van der Waals surface area contributed by atoms with Gasteiger partial charge in [-0.05, 0) is 60.7 Å². The fourth-order valence-electron chi connectivity index (χ4n) is 3.64. The number of para-hydroxylation sites is 1. The van der Waals surface area contributed by atoms with Gasteiger partial charge in [-0.15, -0.1) is 0 Å². The van der Waals surface area contributed by atoms with Crippen LogP contribution in [0.3, 0.4) is 0 Å². The Morgan fingerprint density at radius 3 is 2.57 bits per heavy atom. The number of nitrogens with zero attached hydrogens (tertiary/aromatic N) is 3. The van der Waals surface area contributed by atoms with E-state index in [2.05, 4.69) is 89.9 Å². The molecule has 1 N–H and O–H groups in total. The highest BCUT2D eigenvalue weighted by Gasteiger charge is 2.16. The summed E-state index contributed by atoms with van der Waals surface area (Å²) in [6, 6.07) is 15.0. The number of hydrogen-bond acceptors (Lipinski definition) is 2. The molecule has 2 aromatic carbocycles. The number of aromatic nitrogens is 2. The van der Waals surface area contributed by atoms with E-state index in [0.29, 0.717) is 5.92 Å². The van der Waals surface area contributed by atoms with Gasteiger partial charge in [0.15, 0.2) is 5.11 Å². The summed E-state index contributed by atoms with van der Waals surface area (Å²) in [5, 5.41) is 4.36. The Morgan fingerprint density at radius 1 is 1.10 bits per heavy atom. The van der Waals surface area contributed by atoms with Crippen LogP contribution >= 0.6 is 12.2 Å². The third-order valence-corrected chi connectivity index (χ3v) is 5.83. The fraction of sp³-hybridized carbons (Fsp3) is 0.360. The summed E-state index contributed by atoms with van der Waals surface area (Å²) < 4.78 is 2.11. The molecule has 1 aromatic heterocycles. The van der Waals surface area contributed by atoms with Crippen LogP contribution in [0.1, 0.15) is 48.4 Å². The zero-order chi connectivity index (χ0) is 21.5. The molecule has 0 bridgehead atoms. The molecule has 0 aliphatic heterocycles. The molecule has 0 amide bonds. The molecule has 0 atom stereocenters. The quantitative estimate of drug-likeness (QED) is 0.459. The molecule has 1 heterocycles. The van der Waals surface area contributed by atoms with Gasteiger partial charge in [0.1, 0.15) is 0 Å². The van der Waals surface area contributed by atoms with Crippen molar-refractivity contribution in [3.05, 3.63) is 83.4 Å². The van der Waals surface area contributed by atoms with E-state index in [1.54, 1.807) is 0 Å². The van der Waals surface area contributed by atoms with Gasteiger partial charge in [-0.25, -0.2) is 4.98 Å². The van der Waals surface area contributed by atoms with E-state index in [1.807, 2.05) is 18.7 Å². The Bertz CT molecular complexity index is 963. The highest BCUT2D eigenvalue weighted by molar-refractivity contribution is 7.80. The number of thiocarbonyl (C=S) groups is 1. The van der Waals surface area contributed by atoms with Crippen LogP contribution in [-0.2, 0) is 13.1 Å². The SMILES string of the molecule is Cc1ccccc1CN(CCCn1ccnc1)C(=S)Nc1c(C)cccc1C(C)C. The second-order valence-electron chi connectivity index (χ2n) is 8.13. The number of aryl methyl sites for hydroxylation is 3. The second-order valence-corrected chi connectivity index (χ2v) is 8.51. The summed E-state index contributed by atoms with van der Waals surface area (Å²) in [5.74, 6) is 0.432. The van der Waals surface area contributed by atoms with Crippen molar-refractivity contribution >= 4 is 23.0 Å². The first-order valence-electron chi connectivity index (χ1n) is 10.6. The predicted octanol–water partition coefficient (Wildman–Crippen LogP) is 5.91. The summed E-state index contributed by atoms with van der Waals surface area (Å²) in [7, 11) is 0. The number of hydrogen-bond donors (Lipinski definition) is 1. The third kappa shape index (κ3) is 5.70. The van der Waals surface area contributed by atoms with Crippen molar-refractivity contribution in [1.29, 1.82) is 0 Å². The van der Waals surface area contributed by atoms with Gasteiger partial charge >= 0.3 is 0 Å². The van der Waals surface area contributed by atoms with Crippen molar-refractivity contribution < 1.29 is 0 Å². The summed E-state index contributed by atoms with van der Waals surface area (Å²) >= 11 is 5.91. The van der Waals surface area contributed by atoms with E-state index < -0.39 is 0 Å². The molecule has 0 spiro atoms. The first-order valence-corrected chi connectivity index (χ1v) is 11.0. The van der Waals surface area contributed by atoms with Crippen LogP contribution < -0.4 is 5.32 Å². The molecule has 5 heteroatoms. The van der Waals surface area contributed by atoms with Crippen molar-refractivity contribution in [2.45, 2.75) is 53.1 Å². The molecular weight excluding hydrogens is 388 g/mol. The van der Waals surface area contributed by atoms with Gasteiger partial charge < -0.3 is 14.8 Å². The average Bonchev–Trinajstić information content (AvgIpc) is 3.23. The number of nitrogens with one attached hydrogen (secondary N) is 1. The highest BCUT2D eigenvalue weighted by atomic mass is 32.1. The summed E-state index contributed by atoms with van der Waals surface area (Å²) in [6.07, 6.45) is 6.69. The van der Waals surface area contributed by atoms with E-state index in [1.165, 1.54) is 22.3 Å². The molecule has 0 unspecified atom stereocenters. The van der Waals surface area contributed by atoms with Crippen LogP contribution in [0.15, 0.2) is 61.2 Å². The monoisotopic (exact) mass is 420 g/mol. The van der Waals surface area contributed by atoms with E-state index in [9.17, 15) is 0 Å². The fourth-order valence-corrected chi connectivity index (χ4v) is 3.89. The van der Waals surface area contributed by atoms with Gasteiger partial charge in [-0.2, -0.15) is 0 Å². The summed E-state index contributed by atoms with van der Waals surface area (Å²) in [4.78, 5) is 6.42. The van der Waals surface area contributed by atoms with Crippen LogP contribution in [0.2, 0.25) is 0 Å². The van der Waals surface area contributed by atoms with Crippen molar-refractivity contribution in [2.75, 3.05) is 11.9 Å². The summed E-state index contributed by atoms with van der Waals surface area (Å²) in [6.45, 7) is 11.3. The molecule has 0 radical (unpaired) electrons. The van der Waals surface area contributed by atoms with Crippen molar-refractivity contribution in [1.82, 2.24) is 14.5 Å². The van der Waals surface area contributed by atoms with Crippen LogP contribution in [0.25, 0.3) is 0 Å². The van der Waals surface area contributed by atoms with E-state index in [0.717, 1.165) is 36.9 Å². The molecule has 0 aliphatic rings. The Hall–Kier alpha value is -2.66. The first-order chi connectivity index (χ1) is 14.5. The lowest BCUT2D eigenvalue weighted by molar-refractivity contribution is 0.395. The Labute approximate surface area is 186 Å². The van der Waals surface area contributed by atoms with Crippen molar-refractivity contribution in [3.8, 4) is 0 Å². The van der Waals surface area contributed by atoms with Gasteiger partial charge in [0, 0.05) is 37.7 Å². The number of rotatable bonds is 8. The van der Waals surface area contributed by atoms with Crippen molar-refractivity contribution in [2.24, 2.45) is 0 Å². The lowest BCUT2D eigenvalue weighted by Crippen LogP contribution is -2.36. The van der Waals surface area contributed by atoms with Crippen LogP contribution in [0, 0.1) is 13.8 Å². The lowest BCUT2D eigenvalue weighted by Gasteiger charge is -2.28. The minimum atomic E-state index is 0.432. The minimum absolute atomic E-state index is 0.432. The van der Waals surface area contributed by atoms with E-state index in [-0.39, 0.29) is 0 Å². The maximum Gasteiger partial charge on any atom is 0.173 e. The minimum Gasteiger partial charge on any atom is -0.345 e. The molecule has 30 heavy (non-hydrogen) atoms. The zero-order valence-electron chi connectivity index (χ0n) is 18.4. The van der Waals surface area contributed by atoms with Gasteiger partial charge in [0.25, 0.3) is 0 Å². The largest absolute Gasteiger partial charge is 0.345 e. The zero-order valence-corrected chi connectivity index (χ0v) is 19.2. The highest BCUT2D eigenvalue weighted by Crippen LogP contribution is 2.28. The summed E-state index contributed by atoms with van der Waals surface area (Å²) in [5.41, 5.74) is 6.25. The number of anilines is 1. The van der Waals surface area contributed by atoms with Crippen molar-refractivity contribution in [3.63, 3.8) is 0 Å². The van der Waals surface area contributed by atoms with Crippen LogP contribution in [-0.4, -0.2) is 26.1 Å². The number of imidazole rings is 1. The molecule has 0 aliphatic carbocycles. The van der Waals surface area contributed by atoms with Gasteiger partial charge in [0.05, 0.1) is 6.33 Å². The first kappa shape index (κ1) is 22.0. The predicted molar refractivity (Wildman–Crippen MR) is 130 cm³/mol. The molecule has 0 fully saturated rings. The average molecular weight is 421 g/mol. The molecule has 3 aromatic rings. The Morgan fingerprint density at radius 2 is 1.87 bits per heavy atom. The molecule has 4 nitrogen and oxygen atoms in total. The molecule has 0 saturated carbocycles. The van der Waals surface area contributed by atoms with Gasteiger partial charge in [-0.1, -0.05) is 56.3 Å². The van der Waals surface area contributed by atoms with Crippen LogP contribution in [0.4, 0.5) is 5.69 Å².